The minimum Gasteiger partial charge on any atom is -0.351 e. The van der Waals surface area contributed by atoms with Crippen molar-refractivity contribution in [1.82, 2.24) is 19.9 Å². The SMILES string of the molecule is O=C(NC1CCCCC1)[C@H](c1ccncc1)N(C(=O)c1csnn1)c1ccccc1. The molecule has 1 aliphatic carbocycles. The predicted octanol–water partition coefficient (Wildman–Crippen LogP) is 3.77. The Morgan fingerprint density at radius 1 is 1.03 bits per heavy atom. The van der Waals surface area contributed by atoms with Gasteiger partial charge in [0.05, 0.1) is 0 Å². The number of carbonyl (C=O) groups is 2. The van der Waals surface area contributed by atoms with E-state index in [1.165, 1.54) is 11.3 Å². The third kappa shape index (κ3) is 4.54. The molecule has 3 aromatic rings. The molecule has 0 spiro atoms. The monoisotopic (exact) mass is 421 g/mol. The molecule has 8 heteroatoms. The molecule has 1 aliphatic rings. The molecule has 0 aliphatic heterocycles. The number of nitrogens with zero attached hydrogens (tertiary/aromatic N) is 4. The van der Waals surface area contributed by atoms with Crippen molar-refractivity contribution in [2.75, 3.05) is 4.90 Å². The molecule has 0 saturated heterocycles. The quantitative estimate of drug-likeness (QED) is 0.655. The molecule has 7 nitrogen and oxygen atoms in total. The number of hydrogen-bond acceptors (Lipinski definition) is 6. The summed E-state index contributed by atoms with van der Waals surface area (Å²) in [5.41, 5.74) is 1.53. The molecule has 30 heavy (non-hydrogen) atoms. The van der Waals surface area contributed by atoms with Gasteiger partial charge in [0.1, 0.15) is 6.04 Å². The highest BCUT2D eigenvalue weighted by atomic mass is 32.1. The molecule has 1 N–H and O–H groups in total. The first kappa shape index (κ1) is 20.2. The summed E-state index contributed by atoms with van der Waals surface area (Å²) in [6, 6.07) is 12.0. The zero-order valence-electron chi connectivity index (χ0n) is 16.5. The summed E-state index contributed by atoms with van der Waals surface area (Å²) in [5, 5.41) is 8.73. The summed E-state index contributed by atoms with van der Waals surface area (Å²) in [6.45, 7) is 0. The van der Waals surface area contributed by atoms with Crippen molar-refractivity contribution < 1.29 is 9.59 Å². The molecule has 2 aromatic heterocycles. The molecule has 0 radical (unpaired) electrons. The Morgan fingerprint density at radius 2 is 1.77 bits per heavy atom. The lowest BCUT2D eigenvalue weighted by molar-refractivity contribution is -0.123. The van der Waals surface area contributed by atoms with Gasteiger partial charge < -0.3 is 5.32 Å². The number of amides is 2. The first-order valence-electron chi connectivity index (χ1n) is 10.1. The van der Waals surface area contributed by atoms with Gasteiger partial charge in [-0.2, -0.15) is 0 Å². The molecule has 2 heterocycles. The van der Waals surface area contributed by atoms with Gasteiger partial charge in [-0.3, -0.25) is 19.5 Å². The van der Waals surface area contributed by atoms with Gasteiger partial charge in [-0.1, -0.05) is 41.9 Å². The van der Waals surface area contributed by atoms with E-state index in [-0.39, 0.29) is 23.6 Å². The van der Waals surface area contributed by atoms with Crippen molar-refractivity contribution in [2.24, 2.45) is 0 Å². The van der Waals surface area contributed by atoms with Crippen LogP contribution < -0.4 is 10.2 Å². The molecule has 154 valence electrons. The fourth-order valence-corrected chi connectivity index (χ4v) is 4.27. The normalized spacial score (nSPS) is 15.3. The largest absolute Gasteiger partial charge is 0.351 e. The van der Waals surface area contributed by atoms with Gasteiger partial charge in [-0.15, -0.1) is 5.10 Å². The number of benzene rings is 1. The van der Waals surface area contributed by atoms with E-state index >= 15 is 0 Å². The Morgan fingerprint density at radius 3 is 2.43 bits per heavy atom. The van der Waals surface area contributed by atoms with Gasteiger partial charge in [0.15, 0.2) is 5.69 Å². The van der Waals surface area contributed by atoms with Gasteiger partial charge in [0, 0.05) is 29.5 Å². The molecule has 1 atom stereocenters. The van der Waals surface area contributed by atoms with E-state index in [9.17, 15) is 9.59 Å². The van der Waals surface area contributed by atoms with Crippen molar-refractivity contribution in [2.45, 2.75) is 44.2 Å². The van der Waals surface area contributed by atoms with E-state index in [0.29, 0.717) is 11.3 Å². The van der Waals surface area contributed by atoms with Crippen LogP contribution >= 0.6 is 11.5 Å². The van der Waals surface area contributed by atoms with Crippen molar-refractivity contribution in [3.8, 4) is 0 Å². The van der Waals surface area contributed by atoms with Gasteiger partial charge in [-0.05, 0) is 54.2 Å². The second kappa shape index (κ2) is 9.58. The number of pyridine rings is 1. The maximum absolute atomic E-state index is 13.5. The van der Waals surface area contributed by atoms with Crippen molar-refractivity contribution in [3.05, 3.63) is 71.5 Å². The number of aromatic nitrogens is 3. The zero-order chi connectivity index (χ0) is 20.8. The number of carbonyl (C=O) groups excluding carboxylic acids is 2. The molecule has 0 unspecified atom stereocenters. The maximum Gasteiger partial charge on any atom is 0.280 e. The minimum absolute atomic E-state index is 0.129. The van der Waals surface area contributed by atoms with Crippen LogP contribution in [0.2, 0.25) is 0 Å². The standard InChI is InChI=1S/C22H23N5O2S/c28-21(24-17-7-3-1-4-8-17)20(16-11-13-23-14-12-16)27(18-9-5-2-6-10-18)22(29)19-15-30-26-25-19/h2,5-6,9-15,17,20H,1,3-4,7-8H2,(H,24,28)/t20-/m0/s1. The van der Waals surface area contributed by atoms with E-state index in [0.717, 1.165) is 37.2 Å². The number of nitrogens with one attached hydrogen (secondary N) is 1. The van der Waals surface area contributed by atoms with E-state index < -0.39 is 6.04 Å². The highest BCUT2D eigenvalue weighted by Crippen LogP contribution is 2.30. The highest BCUT2D eigenvalue weighted by molar-refractivity contribution is 7.03. The topological polar surface area (TPSA) is 88.1 Å². The lowest BCUT2D eigenvalue weighted by Gasteiger charge is -2.33. The Labute approximate surface area is 179 Å². The van der Waals surface area contributed by atoms with Gasteiger partial charge in [0.2, 0.25) is 5.91 Å². The van der Waals surface area contributed by atoms with Crippen LogP contribution in [0.1, 0.15) is 54.2 Å². The van der Waals surface area contributed by atoms with Crippen LogP contribution in [0.25, 0.3) is 0 Å². The van der Waals surface area contributed by atoms with E-state index in [1.807, 2.05) is 30.3 Å². The molecule has 4 rings (SSSR count). The van der Waals surface area contributed by atoms with Crippen LogP contribution in [-0.2, 0) is 4.79 Å². The molecular formula is C22H23N5O2S. The smallest absolute Gasteiger partial charge is 0.280 e. The van der Waals surface area contributed by atoms with Gasteiger partial charge in [-0.25, -0.2) is 0 Å². The van der Waals surface area contributed by atoms with Crippen LogP contribution in [0, 0.1) is 0 Å². The fraction of sp³-hybridized carbons (Fsp3) is 0.318. The molecular weight excluding hydrogens is 398 g/mol. The highest BCUT2D eigenvalue weighted by Gasteiger charge is 2.35. The predicted molar refractivity (Wildman–Crippen MR) is 115 cm³/mol. The Hall–Kier alpha value is -3.13. The summed E-state index contributed by atoms with van der Waals surface area (Å²) in [7, 11) is 0. The summed E-state index contributed by atoms with van der Waals surface area (Å²) >= 11 is 1.11. The first-order chi connectivity index (χ1) is 14.7. The van der Waals surface area contributed by atoms with Crippen molar-refractivity contribution in [3.63, 3.8) is 0 Å². The van der Waals surface area contributed by atoms with Crippen LogP contribution in [0.3, 0.4) is 0 Å². The van der Waals surface area contributed by atoms with E-state index in [4.69, 9.17) is 0 Å². The third-order valence-electron chi connectivity index (χ3n) is 5.31. The Kier molecular flexibility index (Phi) is 6.44. The second-order valence-electron chi connectivity index (χ2n) is 7.33. The van der Waals surface area contributed by atoms with E-state index in [1.54, 1.807) is 29.9 Å². The number of anilines is 1. The molecule has 1 aromatic carbocycles. The van der Waals surface area contributed by atoms with Crippen molar-refractivity contribution in [1.29, 1.82) is 0 Å². The zero-order valence-corrected chi connectivity index (χ0v) is 17.3. The number of hydrogen-bond donors (Lipinski definition) is 1. The third-order valence-corrected chi connectivity index (χ3v) is 5.82. The first-order valence-corrected chi connectivity index (χ1v) is 10.9. The Bertz CT molecular complexity index is 960. The van der Waals surface area contributed by atoms with Gasteiger partial charge >= 0.3 is 0 Å². The number of para-hydroxylation sites is 1. The molecule has 2 amide bonds. The van der Waals surface area contributed by atoms with Crippen LogP contribution in [0.5, 0.6) is 0 Å². The van der Waals surface area contributed by atoms with Crippen molar-refractivity contribution >= 4 is 29.0 Å². The molecule has 0 bridgehead atoms. The molecule has 1 fully saturated rings. The second-order valence-corrected chi connectivity index (χ2v) is 7.94. The molecule has 1 saturated carbocycles. The lowest BCUT2D eigenvalue weighted by Crippen LogP contribution is -2.47. The van der Waals surface area contributed by atoms with Crippen LogP contribution in [-0.4, -0.2) is 32.4 Å². The Balaban J connectivity index is 1.74. The number of rotatable bonds is 6. The summed E-state index contributed by atoms with van der Waals surface area (Å²) in [5.74, 6) is -0.566. The maximum atomic E-state index is 13.5. The minimum atomic E-state index is -0.841. The average molecular weight is 422 g/mol. The summed E-state index contributed by atoms with van der Waals surface area (Å²) < 4.78 is 3.82. The summed E-state index contributed by atoms with van der Waals surface area (Å²) in [4.78, 5) is 32.6. The van der Waals surface area contributed by atoms with Crippen LogP contribution in [0.15, 0.2) is 60.2 Å². The van der Waals surface area contributed by atoms with E-state index in [2.05, 4.69) is 19.9 Å². The summed E-state index contributed by atoms with van der Waals surface area (Å²) in [6.07, 6.45) is 8.61. The average Bonchev–Trinajstić information content (AvgIpc) is 3.34. The fourth-order valence-electron chi connectivity index (χ4n) is 3.84. The van der Waals surface area contributed by atoms with Crippen LogP contribution in [0.4, 0.5) is 5.69 Å². The lowest BCUT2D eigenvalue weighted by atomic mass is 9.94. The van der Waals surface area contributed by atoms with Gasteiger partial charge in [0.25, 0.3) is 5.91 Å².